The first-order chi connectivity index (χ1) is 12.2. The molecular weight excluding hydrogens is 340 g/mol. The second-order valence-electron chi connectivity index (χ2n) is 7.61. The predicted octanol–water partition coefficient (Wildman–Crippen LogP) is -5.02. The van der Waals surface area contributed by atoms with Gasteiger partial charge in [0.25, 0.3) is 11.8 Å². The van der Waals surface area contributed by atoms with Crippen molar-refractivity contribution in [3.63, 3.8) is 0 Å². The van der Waals surface area contributed by atoms with E-state index < -0.39 is 0 Å². The van der Waals surface area contributed by atoms with Crippen LogP contribution >= 0.6 is 0 Å². The molecule has 3 saturated heterocycles. The third-order valence-corrected chi connectivity index (χ3v) is 5.56. The van der Waals surface area contributed by atoms with Crippen LogP contribution in [0.3, 0.4) is 0 Å². The van der Waals surface area contributed by atoms with Gasteiger partial charge in [-0.15, -0.1) is 0 Å². The molecular formula is C16H28N6O4+2. The molecule has 0 aromatic rings. The lowest BCUT2D eigenvalue weighted by Crippen LogP contribution is -3.31. The average Bonchev–Trinajstić information content (AvgIpc) is 3.03. The number of carbonyl (C=O) groups is 4. The van der Waals surface area contributed by atoms with Gasteiger partial charge in [0, 0.05) is 28.2 Å². The number of hydrogen-bond acceptors (Lipinski definition) is 6. The molecule has 0 aliphatic carbocycles. The summed E-state index contributed by atoms with van der Waals surface area (Å²) in [6.07, 6.45) is 0.466. The SMILES string of the molecule is CN(C)N1C(=O)C[C@H]([NH+]2CC[NH+]([C@H]3CC(=O)N(N(C)C)C3=O)CC2)C1=O. The maximum Gasteiger partial charge on any atom is 0.302 e. The van der Waals surface area contributed by atoms with Gasteiger partial charge < -0.3 is 9.80 Å². The van der Waals surface area contributed by atoms with E-state index in [0.717, 1.165) is 9.80 Å². The van der Waals surface area contributed by atoms with Crippen molar-refractivity contribution in [3.8, 4) is 0 Å². The van der Waals surface area contributed by atoms with E-state index in [1.165, 1.54) is 20.0 Å². The third kappa shape index (κ3) is 3.13. The van der Waals surface area contributed by atoms with Gasteiger partial charge in [0.2, 0.25) is 0 Å². The molecule has 4 amide bonds. The zero-order valence-electron chi connectivity index (χ0n) is 15.8. The van der Waals surface area contributed by atoms with Crippen LogP contribution in [0.5, 0.6) is 0 Å². The summed E-state index contributed by atoms with van der Waals surface area (Å²) in [5.41, 5.74) is 0. The van der Waals surface area contributed by atoms with E-state index in [4.69, 9.17) is 0 Å². The van der Waals surface area contributed by atoms with E-state index in [1.54, 1.807) is 28.2 Å². The number of hydrazine groups is 2. The molecule has 0 saturated carbocycles. The van der Waals surface area contributed by atoms with Crippen molar-refractivity contribution in [3.05, 3.63) is 0 Å². The number of hydrogen-bond donors (Lipinski definition) is 2. The Bertz CT molecular complexity index is 574. The molecule has 0 aromatic carbocycles. The molecule has 144 valence electrons. The Kier molecular flexibility index (Phi) is 5.11. The Morgan fingerprint density at radius 2 is 1.00 bits per heavy atom. The third-order valence-electron chi connectivity index (χ3n) is 5.56. The van der Waals surface area contributed by atoms with E-state index in [9.17, 15) is 19.2 Å². The molecule has 0 bridgehead atoms. The van der Waals surface area contributed by atoms with Gasteiger partial charge in [-0.2, -0.15) is 0 Å². The Balaban J connectivity index is 1.60. The fourth-order valence-corrected chi connectivity index (χ4v) is 4.31. The van der Waals surface area contributed by atoms with E-state index in [-0.39, 0.29) is 48.6 Å². The monoisotopic (exact) mass is 368 g/mol. The molecule has 3 rings (SSSR count). The molecule has 0 radical (unpaired) electrons. The topological polar surface area (TPSA) is 90.1 Å². The number of carbonyl (C=O) groups excluding carboxylic acids is 4. The van der Waals surface area contributed by atoms with Gasteiger partial charge in [-0.05, 0) is 0 Å². The van der Waals surface area contributed by atoms with Crippen LogP contribution in [-0.2, 0) is 19.2 Å². The minimum absolute atomic E-state index is 0.149. The molecule has 3 fully saturated rings. The fourth-order valence-electron chi connectivity index (χ4n) is 4.31. The highest BCUT2D eigenvalue weighted by Crippen LogP contribution is 2.13. The molecule has 10 nitrogen and oxygen atoms in total. The summed E-state index contributed by atoms with van der Waals surface area (Å²) in [6, 6.07) is -0.684. The van der Waals surface area contributed by atoms with E-state index in [0.29, 0.717) is 26.2 Å². The summed E-state index contributed by atoms with van der Waals surface area (Å²) in [6.45, 7) is 2.83. The zero-order chi connectivity index (χ0) is 19.2. The molecule has 2 atom stereocenters. The second kappa shape index (κ2) is 7.03. The Morgan fingerprint density at radius 3 is 1.23 bits per heavy atom. The number of quaternary nitrogens is 2. The predicted molar refractivity (Wildman–Crippen MR) is 89.3 cm³/mol. The minimum atomic E-state index is -0.342. The number of nitrogens with zero attached hydrogens (tertiary/aromatic N) is 4. The van der Waals surface area contributed by atoms with Crippen molar-refractivity contribution in [2.24, 2.45) is 0 Å². The van der Waals surface area contributed by atoms with E-state index in [2.05, 4.69) is 0 Å². The van der Waals surface area contributed by atoms with Gasteiger partial charge >= 0.3 is 11.8 Å². The summed E-state index contributed by atoms with van der Waals surface area (Å²) in [5.74, 6) is -0.621. The van der Waals surface area contributed by atoms with Crippen molar-refractivity contribution in [2.75, 3.05) is 54.4 Å². The summed E-state index contributed by atoms with van der Waals surface area (Å²) < 4.78 is 0. The number of nitrogens with one attached hydrogen (secondary N) is 2. The van der Waals surface area contributed by atoms with E-state index >= 15 is 0 Å². The molecule has 3 aliphatic heterocycles. The smallest absolute Gasteiger partial charge is 0.302 e. The largest absolute Gasteiger partial charge is 0.315 e. The molecule has 3 heterocycles. The quantitative estimate of drug-likeness (QED) is 0.483. The van der Waals surface area contributed by atoms with Crippen LogP contribution < -0.4 is 9.80 Å². The maximum absolute atomic E-state index is 12.5. The summed E-state index contributed by atoms with van der Waals surface area (Å²) in [5, 5.41) is 5.49. The normalized spacial score (nSPS) is 33.3. The molecule has 0 unspecified atom stereocenters. The highest BCUT2D eigenvalue weighted by Gasteiger charge is 2.50. The lowest BCUT2D eigenvalue weighted by Gasteiger charge is -2.34. The first-order valence-corrected chi connectivity index (χ1v) is 8.99. The van der Waals surface area contributed by atoms with Gasteiger partial charge in [-0.1, -0.05) is 0 Å². The van der Waals surface area contributed by atoms with Crippen molar-refractivity contribution in [1.82, 2.24) is 20.0 Å². The van der Waals surface area contributed by atoms with Crippen molar-refractivity contribution in [1.29, 1.82) is 0 Å². The summed E-state index contributed by atoms with van der Waals surface area (Å²) in [4.78, 5) is 51.4. The molecule has 2 N–H and O–H groups in total. The number of rotatable bonds is 4. The lowest BCUT2D eigenvalue weighted by molar-refractivity contribution is -1.02. The highest BCUT2D eigenvalue weighted by molar-refractivity contribution is 6.04. The summed E-state index contributed by atoms with van der Waals surface area (Å²) >= 11 is 0. The second-order valence-corrected chi connectivity index (χ2v) is 7.61. The van der Waals surface area contributed by atoms with E-state index in [1.807, 2.05) is 0 Å². The molecule has 0 spiro atoms. The van der Waals surface area contributed by atoms with Gasteiger partial charge in [-0.25, -0.2) is 20.0 Å². The fraction of sp³-hybridized carbons (Fsp3) is 0.750. The van der Waals surface area contributed by atoms with Crippen LogP contribution in [0.2, 0.25) is 0 Å². The first kappa shape index (κ1) is 18.9. The molecule has 10 heteroatoms. The highest BCUT2D eigenvalue weighted by atomic mass is 16.2. The van der Waals surface area contributed by atoms with Gasteiger partial charge in [-0.3, -0.25) is 19.2 Å². The number of imide groups is 2. The van der Waals surface area contributed by atoms with Crippen molar-refractivity contribution in [2.45, 2.75) is 24.9 Å². The molecule has 0 aromatic heterocycles. The van der Waals surface area contributed by atoms with Crippen LogP contribution in [0.15, 0.2) is 0 Å². The van der Waals surface area contributed by atoms with Gasteiger partial charge in [0.1, 0.15) is 26.2 Å². The van der Waals surface area contributed by atoms with Crippen LogP contribution in [-0.4, -0.2) is 110 Å². The molecule has 3 aliphatic rings. The van der Waals surface area contributed by atoms with Crippen LogP contribution in [0.1, 0.15) is 12.8 Å². The van der Waals surface area contributed by atoms with Gasteiger partial charge in [0.15, 0.2) is 12.1 Å². The summed E-state index contributed by atoms with van der Waals surface area (Å²) in [7, 11) is 6.76. The van der Waals surface area contributed by atoms with Crippen LogP contribution in [0, 0.1) is 0 Å². The number of piperazine rings is 1. The number of amides is 4. The van der Waals surface area contributed by atoms with Crippen molar-refractivity contribution < 1.29 is 29.0 Å². The van der Waals surface area contributed by atoms with Crippen LogP contribution in [0.4, 0.5) is 0 Å². The minimum Gasteiger partial charge on any atom is -0.315 e. The maximum atomic E-state index is 12.5. The molecule has 26 heavy (non-hydrogen) atoms. The average molecular weight is 368 g/mol. The zero-order valence-corrected chi connectivity index (χ0v) is 15.8. The first-order valence-electron chi connectivity index (χ1n) is 8.99. The van der Waals surface area contributed by atoms with Gasteiger partial charge in [0.05, 0.1) is 12.8 Å². The Hall–Kier alpha value is -1.88. The standard InChI is InChI=1S/C16H26N6O4/c1-17(2)21-13(23)9-11(15(21)25)19-5-7-20(8-6-19)12-10-14(24)22(16(12)26)18(3)4/h11-12H,5-10H2,1-4H3/p+2/t11-,12-/m0/s1. The van der Waals surface area contributed by atoms with Crippen LogP contribution in [0.25, 0.3) is 0 Å². The Labute approximate surface area is 152 Å². The van der Waals surface area contributed by atoms with Crippen molar-refractivity contribution >= 4 is 23.6 Å². The Morgan fingerprint density at radius 1 is 0.692 bits per heavy atom. The lowest BCUT2D eigenvalue weighted by atomic mass is 10.1.